The van der Waals surface area contributed by atoms with Crippen LogP contribution < -0.4 is 29.7 Å². The molecular formula is C23H25NO9. The molecule has 1 amide bonds. The minimum absolute atomic E-state index is 0.0831. The van der Waals surface area contributed by atoms with E-state index >= 15 is 0 Å². The highest BCUT2D eigenvalue weighted by Crippen LogP contribution is 2.50. The second-order valence-electron chi connectivity index (χ2n) is 7.30. The number of hydrogen-bond donors (Lipinski definition) is 3. The van der Waals surface area contributed by atoms with E-state index in [9.17, 15) is 19.5 Å². The number of ether oxygens (including phenoxy) is 4. The number of rotatable bonds is 7. The second kappa shape index (κ2) is 9.78. The maximum Gasteiger partial charge on any atom is 0.342 e. The predicted molar refractivity (Wildman–Crippen MR) is 117 cm³/mol. The normalized spacial score (nSPS) is 15.2. The average Bonchev–Trinajstić information content (AvgIpc) is 3.05. The van der Waals surface area contributed by atoms with Crippen LogP contribution in [-0.2, 0) is 16.0 Å². The zero-order valence-electron chi connectivity index (χ0n) is 18.6. The van der Waals surface area contributed by atoms with E-state index in [0.29, 0.717) is 46.8 Å². The van der Waals surface area contributed by atoms with Crippen LogP contribution in [0.2, 0.25) is 0 Å². The van der Waals surface area contributed by atoms with Gasteiger partial charge in [-0.3, -0.25) is 9.59 Å². The molecule has 1 aliphatic rings. The number of aryl methyl sites for hydroxylation is 1. The largest absolute Gasteiger partial charge is 0.493 e. The summed E-state index contributed by atoms with van der Waals surface area (Å²) in [4.78, 5) is 36.2. The van der Waals surface area contributed by atoms with Gasteiger partial charge in [-0.2, -0.15) is 0 Å². The van der Waals surface area contributed by atoms with Crippen LogP contribution in [0.4, 0.5) is 0 Å². The Hall–Kier alpha value is -3.79. The Morgan fingerprint density at radius 3 is 2.24 bits per heavy atom. The molecule has 2 aromatic rings. The molecular weight excluding hydrogens is 434 g/mol. The van der Waals surface area contributed by atoms with Gasteiger partial charge >= 0.3 is 5.97 Å². The molecule has 0 aromatic heterocycles. The third-order valence-electron chi connectivity index (χ3n) is 5.52. The quantitative estimate of drug-likeness (QED) is 0.523. The van der Waals surface area contributed by atoms with Gasteiger partial charge in [0.05, 0.1) is 34.5 Å². The number of aliphatic hydroxyl groups is 1. The van der Waals surface area contributed by atoms with E-state index in [1.165, 1.54) is 40.6 Å². The van der Waals surface area contributed by atoms with Gasteiger partial charge in [-0.15, -0.1) is 0 Å². The topological polar surface area (TPSA) is 141 Å². The van der Waals surface area contributed by atoms with Crippen LogP contribution in [-0.4, -0.2) is 56.6 Å². The summed E-state index contributed by atoms with van der Waals surface area (Å²) in [7, 11) is 5.82. The number of methoxy groups -OCH3 is 4. The summed E-state index contributed by atoms with van der Waals surface area (Å²) in [6.45, 7) is 0. The van der Waals surface area contributed by atoms with E-state index in [0.717, 1.165) is 5.56 Å². The minimum atomic E-state index is -2.24. The van der Waals surface area contributed by atoms with E-state index in [4.69, 9.17) is 24.1 Å². The number of fused-ring (bicyclic) bond motifs is 3. The molecule has 2 aromatic carbocycles. The fourth-order valence-electron chi connectivity index (χ4n) is 3.98. The number of carboxylic acids is 1. The Labute approximate surface area is 189 Å². The molecule has 10 heteroatoms. The molecule has 0 saturated carbocycles. The first-order valence-electron chi connectivity index (χ1n) is 10.0. The summed E-state index contributed by atoms with van der Waals surface area (Å²) in [5, 5.41) is 21.2. The fourth-order valence-corrected chi connectivity index (χ4v) is 3.98. The van der Waals surface area contributed by atoms with Gasteiger partial charge in [-0.25, -0.2) is 4.79 Å². The lowest BCUT2D eigenvalue weighted by molar-refractivity contribution is -0.153. The molecule has 0 saturated heterocycles. The highest BCUT2D eigenvalue weighted by molar-refractivity contribution is 5.99. The number of amides is 1. The number of carbonyl (C=O) groups is 2. The summed E-state index contributed by atoms with van der Waals surface area (Å²) < 4.78 is 21.8. The molecule has 3 rings (SSSR count). The van der Waals surface area contributed by atoms with Crippen molar-refractivity contribution in [2.24, 2.45) is 0 Å². The molecule has 10 nitrogen and oxygen atoms in total. The van der Waals surface area contributed by atoms with Gasteiger partial charge in [0, 0.05) is 5.56 Å². The first kappa shape index (κ1) is 23.9. The molecule has 0 aliphatic heterocycles. The number of nitrogens with one attached hydrogen (secondary N) is 1. The predicted octanol–water partition coefficient (Wildman–Crippen LogP) is 1.30. The molecule has 0 heterocycles. The summed E-state index contributed by atoms with van der Waals surface area (Å²) in [6.07, 6.45) is -1.51. The molecule has 2 atom stereocenters. The van der Waals surface area contributed by atoms with Gasteiger partial charge in [-0.1, -0.05) is 6.07 Å². The van der Waals surface area contributed by atoms with Crippen molar-refractivity contribution in [3.63, 3.8) is 0 Å². The first-order valence-corrected chi connectivity index (χ1v) is 10.0. The van der Waals surface area contributed by atoms with Gasteiger partial charge in [0.15, 0.2) is 17.2 Å². The van der Waals surface area contributed by atoms with Crippen molar-refractivity contribution in [3.8, 4) is 34.1 Å². The van der Waals surface area contributed by atoms with Crippen molar-refractivity contribution in [2.75, 3.05) is 28.4 Å². The van der Waals surface area contributed by atoms with Crippen LogP contribution >= 0.6 is 0 Å². The van der Waals surface area contributed by atoms with Crippen molar-refractivity contribution < 1.29 is 38.7 Å². The molecule has 176 valence electrons. The van der Waals surface area contributed by atoms with E-state index in [-0.39, 0.29) is 5.75 Å². The van der Waals surface area contributed by atoms with Crippen molar-refractivity contribution in [2.45, 2.75) is 25.0 Å². The average molecular weight is 459 g/mol. The zero-order valence-corrected chi connectivity index (χ0v) is 18.6. The number of carbonyl (C=O) groups excluding carboxylic acids is 1. The van der Waals surface area contributed by atoms with Crippen LogP contribution in [0.25, 0.3) is 11.1 Å². The van der Waals surface area contributed by atoms with Crippen LogP contribution in [0.1, 0.15) is 23.6 Å². The van der Waals surface area contributed by atoms with Crippen LogP contribution in [0.3, 0.4) is 0 Å². The van der Waals surface area contributed by atoms with Crippen LogP contribution in [0.15, 0.2) is 29.1 Å². The lowest BCUT2D eigenvalue weighted by Gasteiger charge is -2.20. The lowest BCUT2D eigenvalue weighted by atomic mass is 9.95. The third kappa shape index (κ3) is 4.42. The Morgan fingerprint density at radius 1 is 1.00 bits per heavy atom. The van der Waals surface area contributed by atoms with Crippen LogP contribution in [0, 0.1) is 0 Å². The van der Waals surface area contributed by atoms with Gasteiger partial charge in [-0.05, 0) is 47.7 Å². The molecule has 0 bridgehead atoms. The van der Waals surface area contributed by atoms with Gasteiger partial charge in [0.1, 0.15) is 0 Å². The smallest absolute Gasteiger partial charge is 0.342 e. The standard InChI is InChI=1S/C23H25NO9/c1-30-16-8-6-12-13(10-15(16)25)14(24-22(27)19(26)23(28)29)7-5-11-9-17(31-2)20(32-3)21(33-4)18(11)12/h6,8-10,14,19,26H,5,7H2,1-4H3,(H,24,27)(H,28,29). The summed E-state index contributed by atoms with van der Waals surface area (Å²) in [5.74, 6) is -1.50. The monoisotopic (exact) mass is 459 g/mol. The van der Waals surface area contributed by atoms with Crippen molar-refractivity contribution >= 4 is 11.9 Å². The highest BCUT2D eigenvalue weighted by Gasteiger charge is 2.32. The Balaban J connectivity index is 2.31. The van der Waals surface area contributed by atoms with Gasteiger partial charge in [0.25, 0.3) is 5.91 Å². The first-order chi connectivity index (χ1) is 15.8. The number of benzene rings is 1. The zero-order chi connectivity index (χ0) is 24.3. The van der Waals surface area contributed by atoms with Crippen molar-refractivity contribution in [1.82, 2.24) is 5.32 Å². The van der Waals surface area contributed by atoms with Crippen molar-refractivity contribution in [3.05, 3.63) is 45.6 Å². The Morgan fingerprint density at radius 2 is 1.67 bits per heavy atom. The second-order valence-corrected chi connectivity index (χ2v) is 7.30. The van der Waals surface area contributed by atoms with Gasteiger partial charge < -0.3 is 34.5 Å². The maximum atomic E-state index is 12.7. The molecule has 2 unspecified atom stereocenters. The number of carboxylic acid groups (broad SMARTS) is 1. The molecule has 1 aliphatic carbocycles. The molecule has 0 radical (unpaired) electrons. The fraction of sp³-hybridized carbons (Fsp3) is 0.348. The highest BCUT2D eigenvalue weighted by atomic mass is 16.5. The van der Waals surface area contributed by atoms with E-state index in [1.54, 1.807) is 12.1 Å². The Bertz CT molecular complexity index is 1150. The Kier molecular flexibility index (Phi) is 7.07. The third-order valence-corrected chi connectivity index (χ3v) is 5.52. The molecule has 3 N–H and O–H groups in total. The molecule has 0 spiro atoms. The lowest BCUT2D eigenvalue weighted by Crippen LogP contribution is -2.41. The maximum absolute atomic E-state index is 12.7. The summed E-state index contributed by atoms with van der Waals surface area (Å²) in [6, 6.07) is 5.52. The number of aliphatic carboxylic acids is 1. The SMILES string of the molecule is COc1cc2c(c(OC)c1OC)-c1ccc(OC)c(=O)cc1C(NC(=O)C(O)C(=O)O)CC2. The number of aliphatic hydroxyl groups excluding tert-OH is 1. The van der Waals surface area contributed by atoms with Crippen molar-refractivity contribution in [1.29, 1.82) is 0 Å². The number of hydrogen-bond acceptors (Lipinski definition) is 8. The molecule has 33 heavy (non-hydrogen) atoms. The van der Waals surface area contributed by atoms with E-state index < -0.39 is 29.5 Å². The van der Waals surface area contributed by atoms with Crippen LogP contribution in [0.5, 0.6) is 23.0 Å². The van der Waals surface area contributed by atoms with E-state index in [1.807, 2.05) is 0 Å². The van der Waals surface area contributed by atoms with Gasteiger partial charge in [0.2, 0.25) is 17.3 Å². The molecule has 0 fully saturated rings. The van der Waals surface area contributed by atoms with E-state index in [2.05, 4.69) is 5.32 Å². The minimum Gasteiger partial charge on any atom is -0.493 e. The summed E-state index contributed by atoms with van der Waals surface area (Å²) >= 11 is 0. The summed E-state index contributed by atoms with van der Waals surface area (Å²) in [5.41, 5.74) is 1.98.